The molecule has 5 nitrogen and oxygen atoms in total. The zero-order chi connectivity index (χ0) is 14.9. The molecule has 1 fully saturated rings. The van der Waals surface area contributed by atoms with Gasteiger partial charge in [0.25, 0.3) is 0 Å². The van der Waals surface area contributed by atoms with Crippen molar-refractivity contribution in [3.05, 3.63) is 30.1 Å². The van der Waals surface area contributed by atoms with Gasteiger partial charge in [-0.15, -0.1) is 0 Å². The van der Waals surface area contributed by atoms with E-state index in [-0.39, 0.29) is 0 Å². The van der Waals surface area contributed by atoms with Crippen LogP contribution in [0.5, 0.6) is 0 Å². The van der Waals surface area contributed by atoms with Gasteiger partial charge < -0.3 is 10.1 Å². The number of nitrogens with zero attached hydrogens (tertiary/aromatic N) is 2. The van der Waals surface area contributed by atoms with Crippen LogP contribution < -0.4 is 0 Å². The molecular formula is C16H21N3O2. The van der Waals surface area contributed by atoms with Crippen LogP contribution in [0.3, 0.4) is 0 Å². The van der Waals surface area contributed by atoms with Crippen LogP contribution >= 0.6 is 0 Å². The third-order valence-corrected chi connectivity index (χ3v) is 4.72. The summed E-state index contributed by atoms with van der Waals surface area (Å²) < 4.78 is 0. The highest BCUT2D eigenvalue weighted by molar-refractivity contribution is 5.79. The molecule has 0 bridgehead atoms. The van der Waals surface area contributed by atoms with Crippen molar-refractivity contribution in [2.75, 3.05) is 13.1 Å². The minimum Gasteiger partial charge on any atom is -0.481 e. The molecule has 0 amide bonds. The molecule has 0 aromatic carbocycles. The Morgan fingerprint density at radius 1 is 1.57 bits per heavy atom. The lowest BCUT2D eigenvalue weighted by atomic mass is 9.77. The number of likely N-dealkylation sites (tertiary alicyclic amines) is 1. The van der Waals surface area contributed by atoms with E-state index in [1.807, 2.05) is 19.2 Å². The van der Waals surface area contributed by atoms with Crippen molar-refractivity contribution >= 4 is 17.0 Å². The molecule has 21 heavy (non-hydrogen) atoms. The largest absolute Gasteiger partial charge is 0.481 e. The van der Waals surface area contributed by atoms with Gasteiger partial charge in [0.1, 0.15) is 5.65 Å². The van der Waals surface area contributed by atoms with Crippen molar-refractivity contribution in [1.29, 1.82) is 0 Å². The van der Waals surface area contributed by atoms with Gasteiger partial charge in [0, 0.05) is 30.9 Å². The molecule has 1 aliphatic rings. The van der Waals surface area contributed by atoms with E-state index in [1.54, 1.807) is 6.20 Å². The fraction of sp³-hybridized carbons (Fsp3) is 0.500. The summed E-state index contributed by atoms with van der Waals surface area (Å²) in [5.41, 5.74) is 1.50. The molecule has 1 saturated heterocycles. The number of aromatic amines is 1. The van der Waals surface area contributed by atoms with Gasteiger partial charge in [-0.25, -0.2) is 4.98 Å². The van der Waals surface area contributed by atoms with Gasteiger partial charge in [0.2, 0.25) is 0 Å². The van der Waals surface area contributed by atoms with Crippen LogP contribution in [0.4, 0.5) is 0 Å². The Balaban J connectivity index is 1.80. The maximum atomic E-state index is 11.6. The number of rotatable bonds is 4. The summed E-state index contributed by atoms with van der Waals surface area (Å²) in [4.78, 5) is 21.4. The van der Waals surface area contributed by atoms with Crippen molar-refractivity contribution in [1.82, 2.24) is 14.9 Å². The van der Waals surface area contributed by atoms with E-state index in [2.05, 4.69) is 20.9 Å². The Morgan fingerprint density at radius 3 is 3.19 bits per heavy atom. The molecule has 2 aromatic heterocycles. The number of aromatic nitrogens is 2. The van der Waals surface area contributed by atoms with E-state index >= 15 is 0 Å². The summed E-state index contributed by atoms with van der Waals surface area (Å²) in [6.07, 6.45) is 6.18. The van der Waals surface area contributed by atoms with Gasteiger partial charge in [0.05, 0.1) is 5.41 Å². The minimum atomic E-state index is -0.657. The Morgan fingerprint density at radius 2 is 2.43 bits per heavy atom. The molecule has 0 radical (unpaired) electrons. The lowest BCUT2D eigenvalue weighted by Gasteiger charge is -2.39. The third kappa shape index (κ3) is 2.53. The molecule has 1 atom stereocenters. The van der Waals surface area contributed by atoms with Crippen molar-refractivity contribution in [3.63, 3.8) is 0 Å². The number of piperidine rings is 1. The zero-order valence-corrected chi connectivity index (χ0v) is 12.3. The van der Waals surface area contributed by atoms with Crippen molar-refractivity contribution in [2.45, 2.75) is 32.7 Å². The Hall–Kier alpha value is -1.88. The van der Waals surface area contributed by atoms with E-state index in [0.717, 1.165) is 37.0 Å². The first-order valence-corrected chi connectivity index (χ1v) is 7.51. The first kappa shape index (κ1) is 14.1. The van der Waals surface area contributed by atoms with E-state index in [0.29, 0.717) is 13.0 Å². The molecule has 2 aromatic rings. The average Bonchev–Trinajstić information content (AvgIpc) is 2.90. The number of fused-ring (bicyclic) bond motifs is 1. The first-order valence-electron chi connectivity index (χ1n) is 7.51. The number of carboxylic acids is 1. The zero-order valence-electron chi connectivity index (χ0n) is 12.3. The number of hydrogen-bond acceptors (Lipinski definition) is 3. The topological polar surface area (TPSA) is 69.2 Å². The molecule has 0 aliphatic carbocycles. The summed E-state index contributed by atoms with van der Waals surface area (Å²) in [6.45, 7) is 4.35. The molecule has 2 N–H and O–H groups in total. The van der Waals surface area contributed by atoms with Crippen LogP contribution in [0.15, 0.2) is 24.5 Å². The minimum absolute atomic E-state index is 0.581. The second kappa shape index (κ2) is 5.48. The smallest absolute Gasteiger partial charge is 0.310 e. The highest BCUT2D eigenvalue weighted by Gasteiger charge is 2.40. The summed E-state index contributed by atoms with van der Waals surface area (Å²) >= 11 is 0. The molecule has 0 saturated carbocycles. The van der Waals surface area contributed by atoms with Crippen molar-refractivity contribution < 1.29 is 9.90 Å². The summed E-state index contributed by atoms with van der Waals surface area (Å²) in [5.74, 6) is -0.657. The highest BCUT2D eigenvalue weighted by Crippen LogP contribution is 2.34. The van der Waals surface area contributed by atoms with Crippen molar-refractivity contribution in [3.8, 4) is 0 Å². The fourth-order valence-electron chi connectivity index (χ4n) is 3.36. The average molecular weight is 287 g/mol. The molecule has 3 heterocycles. The normalized spacial score (nSPS) is 23.5. The summed E-state index contributed by atoms with van der Waals surface area (Å²) in [5, 5.41) is 10.7. The highest BCUT2D eigenvalue weighted by atomic mass is 16.4. The van der Waals surface area contributed by atoms with E-state index in [1.165, 1.54) is 5.56 Å². The number of hydrogen-bond donors (Lipinski definition) is 2. The second-order valence-corrected chi connectivity index (χ2v) is 5.97. The van der Waals surface area contributed by atoms with Crippen LogP contribution in [0.2, 0.25) is 0 Å². The first-order chi connectivity index (χ1) is 10.1. The van der Waals surface area contributed by atoms with Gasteiger partial charge in [-0.1, -0.05) is 6.92 Å². The molecule has 112 valence electrons. The maximum absolute atomic E-state index is 11.6. The maximum Gasteiger partial charge on any atom is 0.310 e. The second-order valence-electron chi connectivity index (χ2n) is 5.97. The van der Waals surface area contributed by atoms with Crippen molar-refractivity contribution in [2.24, 2.45) is 5.41 Å². The quantitative estimate of drug-likeness (QED) is 0.907. The summed E-state index contributed by atoms with van der Waals surface area (Å²) in [6, 6.07) is 3.99. The van der Waals surface area contributed by atoms with E-state index < -0.39 is 11.4 Å². The number of carboxylic acid groups (broad SMARTS) is 1. The van der Waals surface area contributed by atoms with Crippen LogP contribution in [0, 0.1) is 5.41 Å². The third-order valence-electron chi connectivity index (χ3n) is 4.72. The number of H-pyrrole nitrogens is 1. The lowest BCUT2D eigenvalue weighted by molar-refractivity contribution is -0.153. The molecule has 1 aliphatic heterocycles. The summed E-state index contributed by atoms with van der Waals surface area (Å²) in [7, 11) is 0. The number of carbonyl (C=O) groups is 1. The van der Waals surface area contributed by atoms with Crippen LogP contribution in [-0.4, -0.2) is 39.0 Å². The predicted molar refractivity (Wildman–Crippen MR) is 81.0 cm³/mol. The SMILES string of the molecule is CCC1(C(=O)O)CCCN(Cc2c[nH]c3ncccc23)C1. The van der Waals surface area contributed by atoms with Gasteiger partial charge >= 0.3 is 5.97 Å². The van der Waals surface area contributed by atoms with Gasteiger partial charge in [-0.3, -0.25) is 9.69 Å². The number of aliphatic carboxylic acids is 1. The predicted octanol–water partition coefficient (Wildman–Crippen LogP) is 2.64. The fourth-order valence-corrected chi connectivity index (χ4v) is 3.36. The Bertz CT molecular complexity index is 652. The molecule has 3 rings (SSSR count). The van der Waals surface area contributed by atoms with Crippen LogP contribution in [0.25, 0.3) is 11.0 Å². The van der Waals surface area contributed by atoms with E-state index in [4.69, 9.17) is 0 Å². The monoisotopic (exact) mass is 287 g/mol. The standard InChI is InChI=1S/C16H21N3O2/c1-2-16(15(20)21)6-4-8-19(11-16)10-12-9-18-14-13(12)5-3-7-17-14/h3,5,7,9H,2,4,6,8,10-11H2,1H3,(H,17,18)(H,20,21). The van der Waals surface area contributed by atoms with E-state index in [9.17, 15) is 9.90 Å². The number of pyridine rings is 1. The molecule has 5 heteroatoms. The Labute approximate surface area is 124 Å². The number of nitrogens with one attached hydrogen (secondary N) is 1. The lowest BCUT2D eigenvalue weighted by Crippen LogP contribution is -2.47. The Kier molecular flexibility index (Phi) is 3.68. The molecule has 1 unspecified atom stereocenters. The van der Waals surface area contributed by atoms with Crippen LogP contribution in [-0.2, 0) is 11.3 Å². The molecular weight excluding hydrogens is 266 g/mol. The molecule has 0 spiro atoms. The van der Waals surface area contributed by atoms with Crippen LogP contribution in [0.1, 0.15) is 31.7 Å². The van der Waals surface area contributed by atoms with Gasteiger partial charge in [0.15, 0.2) is 0 Å². The van der Waals surface area contributed by atoms with Gasteiger partial charge in [-0.05, 0) is 43.5 Å². The van der Waals surface area contributed by atoms with Gasteiger partial charge in [-0.2, -0.15) is 0 Å².